The maximum Gasteiger partial charge on any atom is 0.243 e. The molecule has 33 heavy (non-hydrogen) atoms. The number of halogens is 1. The van der Waals surface area contributed by atoms with Crippen LogP contribution in [-0.4, -0.2) is 55.4 Å². The van der Waals surface area contributed by atoms with Gasteiger partial charge in [-0.3, -0.25) is 4.98 Å². The molecule has 0 spiro atoms. The molecule has 1 aliphatic rings. The largest absolute Gasteiger partial charge is 0.385 e. The molecule has 1 aromatic carbocycles. The topological polar surface area (TPSA) is 68.7 Å². The molecule has 0 aliphatic carbocycles. The number of piperidine rings is 1. The van der Waals surface area contributed by atoms with Crippen LogP contribution in [0, 0.1) is 13.8 Å². The van der Waals surface area contributed by atoms with Crippen LogP contribution in [0.5, 0.6) is 0 Å². The third kappa shape index (κ3) is 7.33. The van der Waals surface area contributed by atoms with Crippen molar-refractivity contribution in [3.05, 3.63) is 58.9 Å². The number of benzene rings is 1. The average Bonchev–Trinajstić information content (AvgIpc) is 2.80. The first kappa shape index (κ1) is 26.3. The highest BCUT2D eigenvalue weighted by molar-refractivity contribution is 9.09. The Hall–Kier alpha value is -1.32. The smallest absolute Gasteiger partial charge is 0.243 e. The summed E-state index contributed by atoms with van der Waals surface area (Å²) < 4.78 is 39.7. The second-order valence-corrected chi connectivity index (χ2v) is 11.3. The highest BCUT2D eigenvalue weighted by atomic mass is 79.9. The number of alkyl halides is 1. The second kappa shape index (κ2) is 12.4. The van der Waals surface area contributed by atoms with Gasteiger partial charge < -0.3 is 9.47 Å². The number of hydrogen-bond acceptors (Lipinski definition) is 5. The normalized spacial score (nSPS) is 19.6. The number of unbranched alkanes of at least 4 members (excludes halogenated alkanes) is 1. The Morgan fingerprint density at radius 1 is 1.12 bits per heavy atom. The predicted molar refractivity (Wildman–Crippen MR) is 134 cm³/mol. The number of methoxy groups -OCH3 is 1. The van der Waals surface area contributed by atoms with Crippen LogP contribution in [-0.2, 0) is 32.5 Å². The molecule has 0 radical (unpaired) electrons. The molecule has 0 bridgehead atoms. The SMILES string of the molecule is COCCCCc1cc(CO[C@@H]2CC[C@@H](CBr)N(S(=O)(=O)c3ccc(C)cc3)C2)cc(C)n1. The zero-order chi connectivity index (χ0) is 23.8. The van der Waals surface area contributed by atoms with Gasteiger partial charge in [-0.2, -0.15) is 4.31 Å². The maximum atomic E-state index is 13.4. The summed E-state index contributed by atoms with van der Waals surface area (Å²) in [7, 11) is -1.86. The second-order valence-electron chi connectivity index (χ2n) is 8.76. The van der Waals surface area contributed by atoms with Gasteiger partial charge in [0.2, 0.25) is 10.0 Å². The first-order valence-corrected chi connectivity index (χ1v) is 14.1. The molecule has 1 saturated heterocycles. The molecule has 0 unspecified atom stereocenters. The van der Waals surface area contributed by atoms with Crippen LogP contribution in [0.15, 0.2) is 41.3 Å². The van der Waals surface area contributed by atoms with E-state index in [1.54, 1.807) is 23.5 Å². The minimum atomic E-state index is -3.58. The van der Waals surface area contributed by atoms with Crippen LogP contribution in [0.4, 0.5) is 0 Å². The Kier molecular flexibility index (Phi) is 9.88. The number of sulfonamides is 1. The number of nitrogens with zero attached hydrogens (tertiary/aromatic N) is 2. The van der Waals surface area contributed by atoms with Crippen molar-refractivity contribution < 1.29 is 17.9 Å². The summed E-state index contributed by atoms with van der Waals surface area (Å²) in [6.07, 6.45) is 4.43. The van der Waals surface area contributed by atoms with E-state index >= 15 is 0 Å². The molecule has 1 aromatic heterocycles. The number of hydrogen-bond donors (Lipinski definition) is 0. The molecule has 182 valence electrons. The average molecular weight is 540 g/mol. The van der Waals surface area contributed by atoms with E-state index in [0.29, 0.717) is 23.4 Å². The number of aryl methyl sites for hydroxylation is 3. The van der Waals surface area contributed by atoms with Gasteiger partial charge in [-0.05, 0) is 75.8 Å². The Morgan fingerprint density at radius 2 is 1.88 bits per heavy atom. The lowest BCUT2D eigenvalue weighted by atomic mass is 10.0. The van der Waals surface area contributed by atoms with E-state index in [9.17, 15) is 8.42 Å². The van der Waals surface area contributed by atoms with Crippen molar-refractivity contribution in [2.75, 3.05) is 25.6 Å². The molecular formula is C25H35BrN2O4S. The highest BCUT2D eigenvalue weighted by Gasteiger charge is 2.37. The van der Waals surface area contributed by atoms with E-state index in [1.807, 2.05) is 32.0 Å². The lowest BCUT2D eigenvalue weighted by molar-refractivity contribution is -0.00172. The molecule has 3 rings (SSSR count). The fourth-order valence-electron chi connectivity index (χ4n) is 4.19. The summed E-state index contributed by atoms with van der Waals surface area (Å²) in [6.45, 7) is 5.53. The van der Waals surface area contributed by atoms with Gasteiger partial charge in [-0.15, -0.1) is 0 Å². The van der Waals surface area contributed by atoms with Crippen molar-refractivity contribution in [1.29, 1.82) is 0 Å². The van der Waals surface area contributed by atoms with Gasteiger partial charge in [0.15, 0.2) is 0 Å². The van der Waals surface area contributed by atoms with Crippen LogP contribution in [0.3, 0.4) is 0 Å². The molecule has 2 atom stereocenters. The van der Waals surface area contributed by atoms with Crippen LogP contribution < -0.4 is 0 Å². The van der Waals surface area contributed by atoms with Gasteiger partial charge in [0.25, 0.3) is 0 Å². The standard InChI is InChI=1S/C25H35BrN2O4S/c1-19-7-11-25(12-8-19)33(29,30)28-17-24(10-9-23(28)16-26)32-18-21-14-20(2)27-22(15-21)6-4-5-13-31-3/h7-8,11-12,14-15,23-24H,4-6,9-10,13,16-18H2,1-3H3/t23-,24+/m0/s1. The number of pyridine rings is 1. The van der Waals surface area contributed by atoms with Crippen molar-refractivity contribution in [1.82, 2.24) is 9.29 Å². The summed E-state index contributed by atoms with van der Waals surface area (Å²) >= 11 is 3.51. The maximum absolute atomic E-state index is 13.4. The molecular weight excluding hydrogens is 504 g/mol. The summed E-state index contributed by atoms with van der Waals surface area (Å²) in [5.41, 5.74) is 4.16. The number of ether oxygens (including phenoxy) is 2. The third-order valence-electron chi connectivity index (χ3n) is 6.00. The Bertz CT molecular complexity index is 998. The first-order chi connectivity index (χ1) is 15.8. The summed E-state index contributed by atoms with van der Waals surface area (Å²) in [6, 6.07) is 11.1. The lowest BCUT2D eigenvalue weighted by Crippen LogP contribution is -2.50. The lowest BCUT2D eigenvalue weighted by Gasteiger charge is -2.37. The van der Waals surface area contributed by atoms with E-state index in [1.165, 1.54) is 0 Å². The van der Waals surface area contributed by atoms with Crippen molar-refractivity contribution in [2.24, 2.45) is 0 Å². The Balaban J connectivity index is 1.65. The minimum Gasteiger partial charge on any atom is -0.385 e. The Labute approximate surface area is 206 Å². The highest BCUT2D eigenvalue weighted by Crippen LogP contribution is 2.28. The molecule has 0 amide bonds. The number of rotatable bonds is 11. The molecule has 0 saturated carbocycles. The molecule has 0 N–H and O–H groups in total. The minimum absolute atomic E-state index is 0.0713. The summed E-state index contributed by atoms with van der Waals surface area (Å²) in [5, 5.41) is 0.612. The Morgan fingerprint density at radius 3 is 2.58 bits per heavy atom. The van der Waals surface area contributed by atoms with Crippen LogP contribution in [0.25, 0.3) is 0 Å². The van der Waals surface area contributed by atoms with Gasteiger partial charge in [0.05, 0.1) is 17.6 Å². The van der Waals surface area contributed by atoms with E-state index < -0.39 is 10.0 Å². The quantitative estimate of drug-likeness (QED) is 0.303. The van der Waals surface area contributed by atoms with Gasteiger partial charge in [-0.1, -0.05) is 33.6 Å². The third-order valence-corrected chi connectivity index (χ3v) is 8.68. The zero-order valence-electron chi connectivity index (χ0n) is 19.8. The fraction of sp³-hybridized carbons (Fsp3) is 0.560. The first-order valence-electron chi connectivity index (χ1n) is 11.5. The fourth-order valence-corrected chi connectivity index (χ4v) is 6.74. The van der Waals surface area contributed by atoms with Crippen molar-refractivity contribution in [3.8, 4) is 0 Å². The van der Waals surface area contributed by atoms with Crippen molar-refractivity contribution in [3.63, 3.8) is 0 Å². The van der Waals surface area contributed by atoms with Gasteiger partial charge in [0.1, 0.15) is 0 Å². The molecule has 8 heteroatoms. The van der Waals surface area contributed by atoms with E-state index in [4.69, 9.17) is 9.47 Å². The predicted octanol–water partition coefficient (Wildman–Crippen LogP) is 4.80. The molecule has 2 aromatic rings. The monoisotopic (exact) mass is 538 g/mol. The van der Waals surface area contributed by atoms with Crippen molar-refractivity contribution >= 4 is 26.0 Å². The van der Waals surface area contributed by atoms with Gasteiger partial charge >= 0.3 is 0 Å². The molecule has 2 heterocycles. The van der Waals surface area contributed by atoms with Gasteiger partial charge in [0, 0.05) is 43.0 Å². The molecule has 6 nitrogen and oxygen atoms in total. The molecule has 1 fully saturated rings. The van der Waals surface area contributed by atoms with Crippen LogP contribution in [0.2, 0.25) is 0 Å². The van der Waals surface area contributed by atoms with Crippen LogP contribution >= 0.6 is 15.9 Å². The van der Waals surface area contributed by atoms with Gasteiger partial charge in [-0.25, -0.2) is 8.42 Å². The zero-order valence-corrected chi connectivity index (χ0v) is 22.2. The van der Waals surface area contributed by atoms with Crippen molar-refractivity contribution in [2.45, 2.75) is 69.6 Å². The summed E-state index contributed by atoms with van der Waals surface area (Å²) in [5.74, 6) is 0. The number of aromatic nitrogens is 1. The van der Waals surface area contributed by atoms with E-state index in [-0.39, 0.29) is 12.1 Å². The van der Waals surface area contributed by atoms with E-state index in [2.05, 4.69) is 27.0 Å². The molecule has 1 aliphatic heterocycles. The van der Waals surface area contributed by atoms with Crippen LogP contribution in [0.1, 0.15) is 48.2 Å². The van der Waals surface area contributed by atoms with E-state index in [0.717, 1.165) is 61.2 Å². The summed E-state index contributed by atoms with van der Waals surface area (Å²) in [4.78, 5) is 4.98.